The Balaban J connectivity index is 1.62. The Morgan fingerprint density at radius 1 is 1.25 bits per heavy atom. The van der Waals surface area contributed by atoms with Crippen molar-refractivity contribution in [1.29, 1.82) is 0 Å². The summed E-state index contributed by atoms with van der Waals surface area (Å²) in [6, 6.07) is 6.64. The molecular formula is C21H28FN5O. The average Bonchev–Trinajstić information content (AvgIpc) is 3.25. The van der Waals surface area contributed by atoms with E-state index in [9.17, 15) is 9.18 Å². The number of carbonyl (C=O) groups is 1. The molecule has 1 saturated heterocycles. The Morgan fingerprint density at radius 3 is 2.61 bits per heavy atom. The smallest absolute Gasteiger partial charge is 0.327 e. The van der Waals surface area contributed by atoms with Crippen LogP contribution in [0.4, 0.5) is 9.18 Å². The van der Waals surface area contributed by atoms with Gasteiger partial charge in [-0.05, 0) is 30.5 Å². The van der Waals surface area contributed by atoms with E-state index < -0.39 is 0 Å². The highest BCUT2D eigenvalue weighted by Gasteiger charge is 2.47. The number of rotatable bonds is 4. The molecule has 1 fully saturated rings. The number of carbonyl (C=O) groups excluding carboxylic acids is 1. The van der Waals surface area contributed by atoms with Crippen molar-refractivity contribution in [3.05, 3.63) is 47.2 Å². The molecule has 7 heteroatoms. The average molecular weight is 385 g/mol. The van der Waals surface area contributed by atoms with Gasteiger partial charge in [0, 0.05) is 24.5 Å². The minimum absolute atomic E-state index is 0.000385. The number of nitrogens with one attached hydrogen (secondary N) is 2. The second-order valence-corrected chi connectivity index (χ2v) is 8.75. The van der Waals surface area contributed by atoms with Gasteiger partial charge >= 0.3 is 6.03 Å². The third-order valence-corrected chi connectivity index (χ3v) is 5.37. The minimum Gasteiger partial charge on any atom is -0.365 e. The van der Waals surface area contributed by atoms with E-state index in [0.29, 0.717) is 13.1 Å². The number of fused-ring (bicyclic) bond motifs is 2. The van der Waals surface area contributed by atoms with Crippen LogP contribution in [0, 0.1) is 11.2 Å². The van der Waals surface area contributed by atoms with Gasteiger partial charge in [-0.1, -0.05) is 39.8 Å². The molecule has 0 radical (unpaired) electrons. The zero-order valence-corrected chi connectivity index (χ0v) is 16.9. The minimum atomic E-state index is -0.287. The largest absolute Gasteiger partial charge is 0.365 e. The van der Waals surface area contributed by atoms with Crippen LogP contribution in [0.2, 0.25) is 0 Å². The van der Waals surface area contributed by atoms with Crippen LogP contribution in [0.25, 0.3) is 0 Å². The van der Waals surface area contributed by atoms with Gasteiger partial charge in [0.25, 0.3) is 0 Å². The van der Waals surface area contributed by atoms with E-state index >= 15 is 0 Å². The topological polar surface area (TPSA) is 60.0 Å². The van der Waals surface area contributed by atoms with Crippen LogP contribution in [-0.2, 0) is 6.42 Å². The van der Waals surface area contributed by atoms with Crippen LogP contribution in [0.1, 0.15) is 39.7 Å². The second kappa shape index (κ2) is 6.79. The van der Waals surface area contributed by atoms with Crippen molar-refractivity contribution in [2.75, 3.05) is 13.1 Å². The highest BCUT2D eigenvalue weighted by molar-refractivity contribution is 5.93. The van der Waals surface area contributed by atoms with Crippen molar-refractivity contribution in [3.8, 4) is 0 Å². The maximum atomic E-state index is 13.2. The van der Waals surface area contributed by atoms with Crippen molar-refractivity contribution >= 4 is 11.9 Å². The molecule has 0 aromatic heterocycles. The molecule has 4 rings (SSSR count). The molecule has 0 saturated carbocycles. The summed E-state index contributed by atoms with van der Waals surface area (Å²) in [5.74, 6) is 1.50. The van der Waals surface area contributed by atoms with Crippen LogP contribution in [0.3, 0.4) is 0 Å². The van der Waals surface area contributed by atoms with E-state index in [0.717, 1.165) is 35.8 Å². The lowest BCUT2D eigenvalue weighted by Crippen LogP contribution is -2.53. The fraction of sp³-hybridized carbons (Fsp3) is 0.524. The zero-order chi connectivity index (χ0) is 20.1. The van der Waals surface area contributed by atoms with Gasteiger partial charge in [-0.2, -0.15) is 0 Å². The monoisotopic (exact) mass is 385 g/mol. The van der Waals surface area contributed by atoms with Crippen molar-refractivity contribution in [3.63, 3.8) is 0 Å². The van der Waals surface area contributed by atoms with E-state index in [2.05, 4.69) is 38.3 Å². The first-order chi connectivity index (χ1) is 13.3. The van der Waals surface area contributed by atoms with E-state index in [1.165, 1.54) is 12.1 Å². The number of benzene rings is 1. The molecular weight excluding hydrogens is 357 g/mol. The molecule has 0 bridgehead atoms. The fourth-order valence-electron chi connectivity index (χ4n) is 3.96. The second-order valence-electron chi connectivity index (χ2n) is 8.75. The summed E-state index contributed by atoms with van der Waals surface area (Å²) < 4.78 is 13.2. The molecule has 0 aliphatic carbocycles. The maximum absolute atomic E-state index is 13.2. The predicted octanol–water partition coefficient (Wildman–Crippen LogP) is 3.03. The SMILES string of the molecule is CCCN1C(=O)N2C[C@@H](Cc3ccc(F)cc3)NC2=C2NC(C(C)(C)C)=NC21. The number of hydrogen-bond acceptors (Lipinski definition) is 4. The third-order valence-electron chi connectivity index (χ3n) is 5.37. The van der Waals surface area contributed by atoms with Gasteiger partial charge < -0.3 is 10.6 Å². The Labute approximate surface area is 165 Å². The number of nitrogens with zero attached hydrogens (tertiary/aromatic N) is 3. The predicted molar refractivity (Wildman–Crippen MR) is 107 cm³/mol. The number of amides is 2. The molecule has 2 N–H and O–H groups in total. The van der Waals surface area contributed by atoms with Gasteiger partial charge in [-0.25, -0.2) is 14.2 Å². The van der Waals surface area contributed by atoms with Crippen molar-refractivity contribution in [2.45, 2.75) is 52.7 Å². The molecule has 1 unspecified atom stereocenters. The molecule has 6 nitrogen and oxygen atoms in total. The lowest BCUT2D eigenvalue weighted by molar-refractivity contribution is 0.146. The molecule has 1 aromatic carbocycles. The van der Waals surface area contributed by atoms with E-state index in [4.69, 9.17) is 4.99 Å². The zero-order valence-electron chi connectivity index (χ0n) is 16.9. The lowest BCUT2D eigenvalue weighted by Gasteiger charge is -2.36. The first-order valence-corrected chi connectivity index (χ1v) is 9.96. The van der Waals surface area contributed by atoms with Crippen LogP contribution in [0.5, 0.6) is 0 Å². The summed E-state index contributed by atoms with van der Waals surface area (Å²) in [4.78, 5) is 21.7. The summed E-state index contributed by atoms with van der Waals surface area (Å²) in [6.07, 6.45) is 1.32. The first kappa shape index (κ1) is 18.8. The number of amidine groups is 1. The molecule has 3 heterocycles. The lowest BCUT2D eigenvalue weighted by atomic mass is 9.95. The summed E-state index contributed by atoms with van der Waals surface area (Å²) in [5, 5.41) is 7.01. The van der Waals surface area contributed by atoms with Gasteiger partial charge in [-0.15, -0.1) is 0 Å². The van der Waals surface area contributed by atoms with Crippen LogP contribution < -0.4 is 10.6 Å². The van der Waals surface area contributed by atoms with Crippen molar-refractivity contribution < 1.29 is 9.18 Å². The summed E-state index contributed by atoms with van der Waals surface area (Å²) in [6.45, 7) is 9.68. The van der Waals surface area contributed by atoms with Gasteiger partial charge in [0.1, 0.15) is 23.2 Å². The van der Waals surface area contributed by atoms with E-state index in [1.807, 2.05) is 9.80 Å². The summed E-state index contributed by atoms with van der Waals surface area (Å²) >= 11 is 0. The molecule has 28 heavy (non-hydrogen) atoms. The summed E-state index contributed by atoms with van der Waals surface area (Å²) in [7, 11) is 0. The van der Waals surface area contributed by atoms with Crippen molar-refractivity contribution in [2.24, 2.45) is 10.4 Å². The highest BCUT2D eigenvalue weighted by Crippen LogP contribution is 2.34. The highest BCUT2D eigenvalue weighted by atomic mass is 19.1. The van der Waals surface area contributed by atoms with Crippen LogP contribution in [0.15, 0.2) is 40.8 Å². The fourth-order valence-corrected chi connectivity index (χ4v) is 3.96. The summed E-state index contributed by atoms with van der Waals surface area (Å²) in [5.41, 5.74) is 1.88. The molecule has 3 aliphatic rings. The molecule has 2 atom stereocenters. The Hall–Kier alpha value is -2.57. The normalized spacial score (nSPS) is 24.0. The number of aliphatic imine (C=N–C) groups is 1. The van der Waals surface area contributed by atoms with E-state index in [-0.39, 0.29) is 29.5 Å². The Morgan fingerprint density at radius 2 is 1.96 bits per heavy atom. The molecule has 3 aliphatic heterocycles. The molecule has 150 valence electrons. The Bertz CT molecular complexity index is 839. The standard InChI is InChI=1S/C21H28FN5O/c1-5-10-26-18-16(24-19(25-18)21(2,3)4)17-23-15(12-27(17)20(26)28)11-13-6-8-14(22)9-7-13/h6-9,15,18,23H,5,10-12H2,1-4H3,(H,24,25)/t15-,18?/m1/s1. The van der Waals surface area contributed by atoms with E-state index in [1.54, 1.807) is 12.1 Å². The number of hydrogen-bond donors (Lipinski definition) is 2. The third kappa shape index (κ3) is 3.23. The number of halogens is 1. The van der Waals surface area contributed by atoms with Gasteiger partial charge in [0.15, 0.2) is 6.17 Å². The van der Waals surface area contributed by atoms with Crippen LogP contribution >= 0.6 is 0 Å². The van der Waals surface area contributed by atoms with Crippen LogP contribution in [-0.4, -0.2) is 47.0 Å². The molecule has 2 amide bonds. The van der Waals surface area contributed by atoms with Gasteiger partial charge in [-0.3, -0.25) is 9.80 Å². The molecule has 0 spiro atoms. The quantitative estimate of drug-likeness (QED) is 0.838. The Kier molecular flexibility index (Phi) is 4.56. The first-order valence-electron chi connectivity index (χ1n) is 9.96. The van der Waals surface area contributed by atoms with Gasteiger partial charge in [0.05, 0.1) is 0 Å². The number of urea groups is 1. The van der Waals surface area contributed by atoms with Crippen molar-refractivity contribution in [1.82, 2.24) is 20.4 Å². The molecule has 1 aromatic rings. The van der Waals surface area contributed by atoms with Gasteiger partial charge in [0.2, 0.25) is 0 Å². The maximum Gasteiger partial charge on any atom is 0.327 e.